The fourth-order valence-electron chi connectivity index (χ4n) is 2.84. The molecule has 0 radical (unpaired) electrons. The standard InChI is InChI=1S/C12H26N4/c1-15-7-9-16(10-8-15)14-12(11-13)5-3-2-4-6-12/h14H,2-11,13H2,1H3. The van der Waals surface area contributed by atoms with Crippen LogP contribution in [-0.2, 0) is 0 Å². The molecule has 0 aromatic carbocycles. The predicted molar refractivity (Wildman–Crippen MR) is 67.1 cm³/mol. The number of nitrogens with one attached hydrogen (secondary N) is 1. The SMILES string of the molecule is CN1CCN(NC2(CN)CCCCC2)CC1. The molecule has 0 spiro atoms. The van der Waals surface area contributed by atoms with E-state index in [9.17, 15) is 0 Å². The van der Waals surface area contributed by atoms with Crippen LogP contribution in [0, 0.1) is 0 Å². The fourth-order valence-corrected chi connectivity index (χ4v) is 2.84. The first kappa shape index (κ1) is 12.3. The molecule has 94 valence electrons. The zero-order valence-corrected chi connectivity index (χ0v) is 10.5. The number of hydrogen-bond donors (Lipinski definition) is 2. The van der Waals surface area contributed by atoms with Crippen molar-refractivity contribution in [1.29, 1.82) is 0 Å². The van der Waals surface area contributed by atoms with E-state index in [1.807, 2.05) is 0 Å². The first-order valence-electron chi connectivity index (χ1n) is 6.65. The van der Waals surface area contributed by atoms with Crippen LogP contribution in [0.25, 0.3) is 0 Å². The van der Waals surface area contributed by atoms with Gasteiger partial charge in [-0.05, 0) is 19.9 Å². The smallest absolute Gasteiger partial charge is 0.0448 e. The highest BCUT2D eigenvalue weighted by Gasteiger charge is 2.32. The Morgan fingerprint density at radius 3 is 2.25 bits per heavy atom. The molecule has 1 heterocycles. The van der Waals surface area contributed by atoms with Gasteiger partial charge in [0.2, 0.25) is 0 Å². The van der Waals surface area contributed by atoms with Crippen molar-refractivity contribution in [2.45, 2.75) is 37.6 Å². The third-order valence-corrected chi connectivity index (χ3v) is 4.10. The quantitative estimate of drug-likeness (QED) is 0.731. The number of nitrogens with two attached hydrogens (primary N) is 1. The Kier molecular flexibility index (Phi) is 4.19. The Morgan fingerprint density at radius 1 is 1.06 bits per heavy atom. The van der Waals surface area contributed by atoms with Crippen molar-refractivity contribution < 1.29 is 0 Å². The van der Waals surface area contributed by atoms with Crippen LogP contribution in [0.15, 0.2) is 0 Å². The molecule has 0 bridgehead atoms. The number of rotatable bonds is 3. The van der Waals surface area contributed by atoms with E-state index in [4.69, 9.17) is 5.73 Å². The van der Waals surface area contributed by atoms with Crippen molar-refractivity contribution in [2.75, 3.05) is 39.8 Å². The van der Waals surface area contributed by atoms with E-state index in [2.05, 4.69) is 22.4 Å². The van der Waals surface area contributed by atoms with Gasteiger partial charge in [0.1, 0.15) is 0 Å². The van der Waals surface area contributed by atoms with Crippen LogP contribution in [0.5, 0.6) is 0 Å². The van der Waals surface area contributed by atoms with Crippen molar-refractivity contribution in [3.05, 3.63) is 0 Å². The monoisotopic (exact) mass is 226 g/mol. The summed E-state index contributed by atoms with van der Waals surface area (Å²) in [5, 5.41) is 2.39. The second-order valence-electron chi connectivity index (χ2n) is 5.45. The Bertz CT molecular complexity index is 205. The Hall–Kier alpha value is -0.160. The van der Waals surface area contributed by atoms with Crippen molar-refractivity contribution >= 4 is 0 Å². The van der Waals surface area contributed by atoms with E-state index < -0.39 is 0 Å². The second-order valence-corrected chi connectivity index (χ2v) is 5.45. The summed E-state index contributed by atoms with van der Waals surface area (Å²) >= 11 is 0. The van der Waals surface area contributed by atoms with Gasteiger partial charge in [-0.15, -0.1) is 0 Å². The van der Waals surface area contributed by atoms with Crippen molar-refractivity contribution in [1.82, 2.24) is 15.3 Å². The number of hydrazine groups is 1. The minimum Gasteiger partial charge on any atom is -0.329 e. The highest BCUT2D eigenvalue weighted by molar-refractivity contribution is 4.91. The minimum atomic E-state index is 0.203. The van der Waals surface area contributed by atoms with Crippen molar-refractivity contribution in [2.24, 2.45) is 5.73 Å². The van der Waals surface area contributed by atoms with Gasteiger partial charge in [-0.2, -0.15) is 0 Å². The molecule has 0 atom stereocenters. The molecule has 0 aromatic rings. The lowest BCUT2D eigenvalue weighted by Gasteiger charge is -2.43. The molecule has 1 aliphatic heterocycles. The summed E-state index contributed by atoms with van der Waals surface area (Å²) in [4.78, 5) is 2.38. The molecule has 16 heavy (non-hydrogen) atoms. The van der Waals surface area contributed by atoms with Crippen LogP contribution >= 0.6 is 0 Å². The van der Waals surface area contributed by atoms with Gasteiger partial charge < -0.3 is 10.6 Å². The molecule has 0 aromatic heterocycles. The van der Waals surface area contributed by atoms with Gasteiger partial charge >= 0.3 is 0 Å². The maximum absolute atomic E-state index is 5.98. The zero-order valence-electron chi connectivity index (χ0n) is 10.5. The molecule has 1 aliphatic carbocycles. The largest absolute Gasteiger partial charge is 0.329 e. The number of hydrogen-bond acceptors (Lipinski definition) is 4. The summed E-state index contributed by atoms with van der Waals surface area (Å²) in [6.45, 7) is 5.34. The van der Waals surface area contributed by atoms with Gasteiger partial charge in [0, 0.05) is 38.3 Å². The number of nitrogens with zero attached hydrogens (tertiary/aromatic N) is 2. The molecular weight excluding hydrogens is 200 g/mol. The molecule has 4 nitrogen and oxygen atoms in total. The molecule has 2 rings (SSSR count). The Labute approximate surface area is 99.1 Å². The number of piperazine rings is 1. The summed E-state index contributed by atoms with van der Waals surface area (Å²) < 4.78 is 0. The molecule has 2 fully saturated rings. The molecule has 0 amide bonds. The lowest BCUT2D eigenvalue weighted by molar-refractivity contribution is 0.0395. The first-order valence-corrected chi connectivity index (χ1v) is 6.65. The van der Waals surface area contributed by atoms with Gasteiger partial charge in [0.15, 0.2) is 0 Å². The average Bonchev–Trinajstić information content (AvgIpc) is 2.33. The van der Waals surface area contributed by atoms with E-state index in [1.165, 1.54) is 32.1 Å². The summed E-state index contributed by atoms with van der Waals surface area (Å²) in [5.74, 6) is 0. The summed E-state index contributed by atoms with van der Waals surface area (Å²) in [6, 6.07) is 0. The third-order valence-electron chi connectivity index (χ3n) is 4.10. The zero-order chi connectivity index (χ0) is 11.4. The maximum Gasteiger partial charge on any atom is 0.0448 e. The topological polar surface area (TPSA) is 44.5 Å². The van der Waals surface area contributed by atoms with E-state index in [-0.39, 0.29) is 5.54 Å². The molecule has 0 unspecified atom stereocenters. The molecular formula is C12H26N4. The molecule has 1 saturated heterocycles. The highest BCUT2D eigenvalue weighted by atomic mass is 15.5. The molecule has 4 heteroatoms. The van der Waals surface area contributed by atoms with Crippen molar-refractivity contribution in [3.8, 4) is 0 Å². The fraction of sp³-hybridized carbons (Fsp3) is 1.00. The molecule has 2 aliphatic rings. The third kappa shape index (κ3) is 2.94. The lowest BCUT2D eigenvalue weighted by atomic mass is 9.82. The molecule has 1 saturated carbocycles. The summed E-state index contributed by atoms with van der Waals surface area (Å²) in [5.41, 5.74) is 9.91. The second kappa shape index (κ2) is 5.45. The Balaban J connectivity index is 1.86. The van der Waals surface area contributed by atoms with Gasteiger partial charge in [-0.25, -0.2) is 10.4 Å². The summed E-state index contributed by atoms with van der Waals surface area (Å²) in [7, 11) is 2.19. The minimum absolute atomic E-state index is 0.203. The van der Waals surface area contributed by atoms with Crippen LogP contribution in [0.2, 0.25) is 0 Å². The first-order chi connectivity index (χ1) is 7.74. The van der Waals surface area contributed by atoms with E-state index >= 15 is 0 Å². The van der Waals surface area contributed by atoms with E-state index in [0.29, 0.717) is 0 Å². The van der Waals surface area contributed by atoms with Crippen LogP contribution in [-0.4, -0.2) is 55.2 Å². The van der Waals surface area contributed by atoms with E-state index in [1.54, 1.807) is 0 Å². The maximum atomic E-state index is 5.98. The van der Waals surface area contributed by atoms with Crippen LogP contribution in [0.3, 0.4) is 0 Å². The Morgan fingerprint density at radius 2 is 1.69 bits per heavy atom. The number of likely N-dealkylation sites (N-methyl/N-ethyl adjacent to an activating group) is 1. The average molecular weight is 226 g/mol. The van der Waals surface area contributed by atoms with Crippen LogP contribution in [0.1, 0.15) is 32.1 Å². The lowest BCUT2D eigenvalue weighted by Crippen LogP contribution is -2.62. The van der Waals surface area contributed by atoms with E-state index in [0.717, 1.165) is 32.7 Å². The van der Waals surface area contributed by atoms with Crippen LogP contribution in [0.4, 0.5) is 0 Å². The van der Waals surface area contributed by atoms with Gasteiger partial charge in [-0.1, -0.05) is 19.3 Å². The van der Waals surface area contributed by atoms with Gasteiger partial charge in [-0.3, -0.25) is 0 Å². The van der Waals surface area contributed by atoms with Crippen LogP contribution < -0.4 is 11.2 Å². The van der Waals surface area contributed by atoms with Crippen molar-refractivity contribution in [3.63, 3.8) is 0 Å². The van der Waals surface area contributed by atoms with Gasteiger partial charge in [0.05, 0.1) is 0 Å². The normalized spacial score (nSPS) is 28.1. The predicted octanol–water partition coefficient (Wildman–Crippen LogP) is 0.400. The highest BCUT2D eigenvalue weighted by Crippen LogP contribution is 2.27. The molecule has 3 N–H and O–H groups in total. The summed E-state index contributed by atoms with van der Waals surface area (Å²) in [6.07, 6.45) is 6.54. The van der Waals surface area contributed by atoms with Gasteiger partial charge in [0.25, 0.3) is 0 Å².